The van der Waals surface area contributed by atoms with Crippen LogP contribution in [0.2, 0.25) is 0 Å². The first-order chi connectivity index (χ1) is 16.4. The summed E-state index contributed by atoms with van der Waals surface area (Å²) >= 11 is 0. The molecule has 4 aromatic carbocycles. The second-order valence-electron chi connectivity index (χ2n) is 8.20. The van der Waals surface area contributed by atoms with Gasteiger partial charge in [0.05, 0.1) is 0 Å². The molecule has 0 radical (unpaired) electrons. The molecule has 0 saturated heterocycles. The zero-order chi connectivity index (χ0) is 24.1. The van der Waals surface area contributed by atoms with E-state index in [1.54, 1.807) is 30.3 Å². The molecule has 4 aromatic rings. The van der Waals surface area contributed by atoms with Gasteiger partial charge in [0.15, 0.2) is 11.6 Å². The summed E-state index contributed by atoms with van der Waals surface area (Å²) in [5, 5.41) is 1.27. The Balaban J connectivity index is 1.44. The third-order valence-corrected chi connectivity index (χ3v) is 5.84. The van der Waals surface area contributed by atoms with Crippen LogP contribution in [0.3, 0.4) is 0 Å². The highest BCUT2D eigenvalue weighted by Crippen LogP contribution is 2.25. The predicted molar refractivity (Wildman–Crippen MR) is 127 cm³/mol. The van der Waals surface area contributed by atoms with Gasteiger partial charge >= 0.3 is 0 Å². The lowest BCUT2D eigenvalue weighted by molar-refractivity contribution is 0.360. The van der Waals surface area contributed by atoms with Crippen LogP contribution in [0.15, 0.2) is 79.4 Å². The van der Waals surface area contributed by atoms with Crippen molar-refractivity contribution >= 4 is 10.8 Å². The third kappa shape index (κ3) is 5.48. The van der Waals surface area contributed by atoms with Gasteiger partial charge in [0, 0.05) is 11.5 Å². The van der Waals surface area contributed by atoms with E-state index in [9.17, 15) is 13.2 Å². The second kappa shape index (κ2) is 10.6. The summed E-state index contributed by atoms with van der Waals surface area (Å²) in [6, 6.07) is 17.6. The van der Waals surface area contributed by atoms with E-state index < -0.39 is 11.6 Å². The van der Waals surface area contributed by atoms with E-state index in [2.05, 4.69) is 6.58 Å². The molecule has 0 atom stereocenters. The van der Waals surface area contributed by atoms with E-state index in [4.69, 9.17) is 4.74 Å². The lowest BCUT2D eigenvalue weighted by atomic mass is 9.97. The van der Waals surface area contributed by atoms with Gasteiger partial charge in [-0.15, -0.1) is 0 Å². The fourth-order valence-electron chi connectivity index (χ4n) is 3.96. The van der Waals surface area contributed by atoms with Gasteiger partial charge in [-0.1, -0.05) is 55.1 Å². The molecule has 0 fully saturated rings. The summed E-state index contributed by atoms with van der Waals surface area (Å²) in [4.78, 5) is 0. The van der Waals surface area contributed by atoms with Crippen LogP contribution in [0.1, 0.15) is 22.3 Å². The smallest absolute Gasteiger partial charge is 0.159 e. The van der Waals surface area contributed by atoms with Crippen LogP contribution < -0.4 is 4.74 Å². The fourth-order valence-corrected chi connectivity index (χ4v) is 3.96. The Bertz CT molecular complexity index is 1330. The molecule has 0 saturated carbocycles. The minimum atomic E-state index is -0.902. The zero-order valence-corrected chi connectivity index (χ0v) is 18.6. The molecule has 5 heteroatoms. The van der Waals surface area contributed by atoms with E-state index in [-0.39, 0.29) is 11.6 Å². The van der Waals surface area contributed by atoms with Crippen LogP contribution in [-0.4, -0.2) is 6.61 Å². The maximum Gasteiger partial charge on any atom is 0.159 e. The number of hydrogen-bond acceptors (Lipinski definition) is 1. The van der Waals surface area contributed by atoms with Gasteiger partial charge in [0.1, 0.15) is 24.0 Å². The fraction of sp³-hybridized carbons (Fsp3) is 0.172. The quantitative estimate of drug-likeness (QED) is 0.184. The Kier molecular flexibility index (Phi) is 7.31. The minimum absolute atomic E-state index is 0.312. The van der Waals surface area contributed by atoms with Gasteiger partial charge in [-0.25, -0.2) is 17.6 Å². The van der Waals surface area contributed by atoms with Crippen molar-refractivity contribution in [3.63, 3.8) is 0 Å². The van der Waals surface area contributed by atoms with Crippen molar-refractivity contribution in [1.82, 2.24) is 0 Å². The number of hydrogen-bond donors (Lipinski definition) is 0. The lowest BCUT2D eigenvalue weighted by Gasteiger charge is -2.10. The summed E-state index contributed by atoms with van der Waals surface area (Å²) < 4.78 is 61.3. The summed E-state index contributed by atoms with van der Waals surface area (Å²) in [7, 11) is 0. The number of rotatable bonds is 9. The number of benzene rings is 4. The maximum atomic E-state index is 15.1. The molecule has 0 heterocycles. The van der Waals surface area contributed by atoms with Crippen LogP contribution in [0.5, 0.6) is 5.75 Å². The van der Waals surface area contributed by atoms with Gasteiger partial charge in [-0.3, -0.25) is 0 Å². The molecule has 0 aromatic heterocycles. The molecule has 1 nitrogen and oxygen atoms in total. The Morgan fingerprint density at radius 2 is 1.35 bits per heavy atom. The van der Waals surface area contributed by atoms with Crippen molar-refractivity contribution in [3.8, 4) is 5.75 Å². The Hall–Kier alpha value is -3.60. The average molecular weight is 465 g/mol. The van der Waals surface area contributed by atoms with Gasteiger partial charge in [0.2, 0.25) is 0 Å². The van der Waals surface area contributed by atoms with Crippen LogP contribution in [-0.2, 0) is 25.7 Å². The number of ether oxygens (including phenoxy) is 1. The van der Waals surface area contributed by atoms with Crippen LogP contribution in [0.4, 0.5) is 17.6 Å². The van der Waals surface area contributed by atoms with E-state index in [0.29, 0.717) is 60.1 Å². The van der Waals surface area contributed by atoms with Gasteiger partial charge < -0.3 is 4.74 Å². The van der Waals surface area contributed by atoms with Crippen LogP contribution in [0, 0.1) is 23.3 Å². The Labute approximate surface area is 196 Å². The van der Waals surface area contributed by atoms with E-state index in [1.165, 1.54) is 12.1 Å². The third-order valence-electron chi connectivity index (χ3n) is 5.84. The standard InChI is InChI=1S/C29H24F4O/c1-2-15-34-24-12-11-21(27(31)18-24)7-3-19-5-13-25-23(16-19)10-9-22(29(25)33)8-4-20-6-14-26(30)28(32)17-20/h2,5-6,9-14,16-18H,1,3-4,7-8,15H2. The minimum Gasteiger partial charge on any atom is -0.489 e. The highest BCUT2D eigenvalue weighted by Gasteiger charge is 2.11. The molecule has 0 N–H and O–H groups in total. The Morgan fingerprint density at radius 1 is 0.647 bits per heavy atom. The van der Waals surface area contributed by atoms with Gasteiger partial charge in [0.25, 0.3) is 0 Å². The number of halogens is 4. The SMILES string of the molecule is C=CCOc1ccc(CCc2ccc3c(F)c(CCc4ccc(F)c(F)c4)ccc3c2)c(F)c1. The van der Waals surface area contributed by atoms with E-state index in [0.717, 1.165) is 23.1 Å². The first-order valence-corrected chi connectivity index (χ1v) is 11.1. The summed E-state index contributed by atoms with van der Waals surface area (Å²) in [6.07, 6.45) is 3.50. The first-order valence-electron chi connectivity index (χ1n) is 11.1. The highest BCUT2D eigenvalue weighted by molar-refractivity contribution is 5.84. The van der Waals surface area contributed by atoms with Crippen molar-refractivity contribution in [3.05, 3.63) is 125 Å². The average Bonchev–Trinajstić information content (AvgIpc) is 2.83. The number of aryl methyl sites for hydroxylation is 4. The highest BCUT2D eigenvalue weighted by atomic mass is 19.2. The van der Waals surface area contributed by atoms with Crippen molar-refractivity contribution in [2.45, 2.75) is 25.7 Å². The molecule has 34 heavy (non-hydrogen) atoms. The van der Waals surface area contributed by atoms with Crippen molar-refractivity contribution in [2.24, 2.45) is 0 Å². The molecule has 0 aliphatic carbocycles. The molecular formula is C29H24F4O. The molecule has 0 unspecified atom stereocenters. The first kappa shape index (κ1) is 23.6. The predicted octanol–water partition coefficient (Wildman–Crippen LogP) is 7.53. The number of fused-ring (bicyclic) bond motifs is 1. The van der Waals surface area contributed by atoms with Crippen molar-refractivity contribution in [1.29, 1.82) is 0 Å². The molecule has 0 bridgehead atoms. The normalized spacial score (nSPS) is 11.1. The molecule has 0 amide bonds. The summed E-state index contributed by atoms with van der Waals surface area (Å²) in [5.74, 6) is -1.97. The molecular weight excluding hydrogens is 440 g/mol. The second-order valence-corrected chi connectivity index (χ2v) is 8.20. The molecule has 0 aliphatic rings. The van der Waals surface area contributed by atoms with Crippen LogP contribution >= 0.6 is 0 Å². The topological polar surface area (TPSA) is 9.23 Å². The Morgan fingerprint density at radius 3 is 2.09 bits per heavy atom. The van der Waals surface area contributed by atoms with E-state index in [1.807, 2.05) is 18.2 Å². The lowest BCUT2D eigenvalue weighted by Crippen LogP contribution is -1.99. The van der Waals surface area contributed by atoms with Crippen molar-refractivity contribution in [2.75, 3.05) is 6.61 Å². The monoisotopic (exact) mass is 464 g/mol. The molecule has 174 valence electrons. The summed E-state index contributed by atoms with van der Waals surface area (Å²) in [5.41, 5.74) is 2.70. The summed E-state index contributed by atoms with van der Waals surface area (Å²) in [6.45, 7) is 3.89. The van der Waals surface area contributed by atoms with Gasteiger partial charge in [-0.2, -0.15) is 0 Å². The maximum absolute atomic E-state index is 15.1. The van der Waals surface area contributed by atoms with E-state index >= 15 is 4.39 Å². The van der Waals surface area contributed by atoms with Gasteiger partial charge in [-0.05, 0) is 71.5 Å². The van der Waals surface area contributed by atoms with Crippen LogP contribution in [0.25, 0.3) is 10.8 Å². The largest absolute Gasteiger partial charge is 0.489 e. The zero-order valence-electron chi connectivity index (χ0n) is 18.6. The van der Waals surface area contributed by atoms with Crippen molar-refractivity contribution < 1.29 is 22.3 Å². The molecule has 0 aliphatic heterocycles. The molecule has 4 rings (SSSR count). The molecule has 0 spiro atoms.